The minimum absolute atomic E-state index is 0.147. The van der Waals surface area contributed by atoms with Crippen molar-refractivity contribution in [3.8, 4) is 17.6 Å². The van der Waals surface area contributed by atoms with E-state index in [4.69, 9.17) is 9.15 Å². The van der Waals surface area contributed by atoms with Crippen molar-refractivity contribution in [2.24, 2.45) is 0 Å². The molecule has 0 atom stereocenters. The first-order valence-corrected chi connectivity index (χ1v) is 13.7. The smallest absolute Gasteiger partial charge is 0.289 e. The maximum Gasteiger partial charge on any atom is 0.289 e. The topological polar surface area (TPSA) is 80.1 Å². The van der Waals surface area contributed by atoms with Gasteiger partial charge in [0.15, 0.2) is 11.5 Å². The Kier molecular flexibility index (Phi) is 5.97. The van der Waals surface area contributed by atoms with Gasteiger partial charge in [-0.25, -0.2) is 0 Å². The van der Waals surface area contributed by atoms with Gasteiger partial charge >= 0.3 is 0 Å². The van der Waals surface area contributed by atoms with E-state index in [0.29, 0.717) is 36.6 Å². The van der Waals surface area contributed by atoms with Crippen molar-refractivity contribution >= 4 is 17.7 Å². The number of furan rings is 1. The molecule has 3 amide bonds. The molecule has 0 N–H and O–H groups in total. The number of nitrogens with zero attached hydrogens (tertiary/aromatic N) is 2. The molecule has 0 aliphatic carbocycles. The van der Waals surface area contributed by atoms with Gasteiger partial charge in [0.1, 0.15) is 5.75 Å². The summed E-state index contributed by atoms with van der Waals surface area (Å²) in [7, 11) is 0. The summed E-state index contributed by atoms with van der Waals surface area (Å²) in [5, 5.41) is 0. The highest BCUT2D eigenvalue weighted by molar-refractivity contribution is 6.21. The molecule has 0 bridgehead atoms. The summed E-state index contributed by atoms with van der Waals surface area (Å²) >= 11 is 0. The van der Waals surface area contributed by atoms with Crippen molar-refractivity contribution < 1.29 is 23.5 Å². The number of benzene rings is 3. The first kappa shape index (κ1) is 24.9. The third-order valence-corrected chi connectivity index (χ3v) is 8.27. The number of amides is 3. The van der Waals surface area contributed by atoms with E-state index in [9.17, 15) is 14.4 Å². The molecule has 4 heterocycles. The number of fused-ring (bicyclic) bond motifs is 3. The molecule has 41 heavy (non-hydrogen) atoms. The molecule has 3 aliphatic rings. The summed E-state index contributed by atoms with van der Waals surface area (Å²) in [4.78, 5) is 42.1. The zero-order valence-electron chi connectivity index (χ0n) is 22.3. The average molecular weight is 543 g/mol. The maximum absolute atomic E-state index is 13.2. The van der Waals surface area contributed by atoms with Crippen LogP contribution in [0.4, 0.5) is 0 Å². The lowest BCUT2D eigenvalue weighted by atomic mass is 9.74. The number of imide groups is 1. The number of ether oxygens (including phenoxy) is 1. The van der Waals surface area contributed by atoms with Crippen LogP contribution in [0, 0.1) is 11.8 Å². The standard InChI is InChI=1S/C34H26N2O5/c37-31-26-8-4-5-9-27(26)32(38)36(31)21-24-11-14-29-28(20-24)34(22-40-29)16-18-35(19-17-34)33(39)30-15-13-25(41-30)12-10-23-6-2-1-3-7-23/h1-9,11,13-15,20H,16-19,21-22H2. The van der Waals surface area contributed by atoms with Gasteiger partial charge in [0.2, 0.25) is 0 Å². The van der Waals surface area contributed by atoms with E-state index in [-0.39, 0.29) is 35.4 Å². The molecule has 4 aromatic rings. The predicted molar refractivity (Wildman–Crippen MR) is 151 cm³/mol. The number of piperidine rings is 1. The maximum atomic E-state index is 13.2. The molecule has 0 radical (unpaired) electrons. The Morgan fingerprint density at radius 3 is 2.27 bits per heavy atom. The van der Waals surface area contributed by atoms with Crippen LogP contribution in [0.2, 0.25) is 0 Å². The molecular weight excluding hydrogens is 516 g/mol. The van der Waals surface area contributed by atoms with E-state index in [1.54, 1.807) is 36.4 Å². The van der Waals surface area contributed by atoms with Crippen LogP contribution >= 0.6 is 0 Å². The second-order valence-corrected chi connectivity index (χ2v) is 10.7. The molecule has 1 fully saturated rings. The molecule has 0 saturated carbocycles. The van der Waals surface area contributed by atoms with E-state index in [1.807, 2.05) is 47.4 Å². The summed E-state index contributed by atoms with van der Waals surface area (Å²) < 4.78 is 11.8. The van der Waals surface area contributed by atoms with Gasteiger partial charge in [0.05, 0.1) is 24.3 Å². The van der Waals surface area contributed by atoms with E-state index in [0.717, 1.165) is 35.3 Å². The first-order chi connectivity index (χ1) is 20.0. The Morgan fingerprint density at radius 1 is 0.829 bits per heavy atom. The van der Waals surface area contributed by atoms with Crippen molar-refractivity contribution in [3.63, 3.8) is 0 Å². The van der Waals surface area contributed by atoms with E-state index >= 15 is 0 Å². The Bertz CT molecular complexity index is 1720. The van der Waals surface area contributed by atoms with Gasteiger partial charge in [0.25, 0.3) is 17.7 Å². The van der Waals surface area contributed by atoms with Gasteiger partial charge in [0, 0.05) is 29.6 Å². The van der Waals surface area contributed by atoms with Crippen LogP contribution in [0.5, 0.6) is 5.75 Å². The number of hydrogen-bond donors (Lipinski definition) is 0. The normalized spacial score (nSPS) is 16.7. The second kappa shape index (κ2) is 9.83. The Morgan fingerprint density at radius 2 is 1.54 bits per heavy atom. The number of hydrogen-bond acceptors (Lipinski definition) is 5. The lowest BCUT2D eigenvalue weighted by molar-refractivity contribution is 0.0613. The zero-order chi connectivity index (χ0) is 28.0. The van der Waals surface area contributed by atoms with Gasteiger partial charge in [-0.05, 0) is 72.9 Å². The SMILES string of the molecule is O=C(c1ccc(C#Cc2ccccc2)o1)N1CCC2(CC1)COc1ccc(CN3C(=O)c4ccccc4C3=O)cc12. The third-order valence-electron chi connectivity index (χ3n) is 8.27. The largest absolute Gasteiger partial charge is 0.492 e. The van der Waals surface area contributed by atoms with Crippen molar-refractivity contribution in [2.45, 2.75) is 24.8 Å². The molecule has 3 aliphatic heterocycles. The minimum Gasteiger partial charge on any atom is -0.492 e. The third kappa shape index (κ3) is 4.38. The Balaban J connectivity index is 1.04. The summed E-state index contributed by atoms with van der Waals surface area (Å²) in [5.41, 5.74) is 3.50. The average Bonchev–Trinajstić information content (AvgIpc) is 3.69. The molecule has 1 saturated heterocycles. The van der Waals surface area contributed by atoms with Crippen LogP contribution in [0.25, 0.3) is 0 Å². The quantitative estimate of drug-likeness (QED) is 0.268. The molecule has 7 nitrogen and oxygen atoms in total. The molecule has 7 heteroatoms. The zero-order valence-corrected chi connectivity index (χ0v) is 22.3. The van der Waals surface area contributed by atoms with Crippen LogP contribution in [0.3, 0.4) is 0 Å². The van der Waals surface area contributed by atoms with Crippen molar-refractivity contribution in [3.05, 3.63) is 124 Å². The minimum atomic E-state index is -0.268. The molecule has 0 unspecified atom stereocenters. The fourth-order valence-corrected chi connectivity index (χ4v) is 5.96. The highest BCUT2D eigenvalue weighted by Crippen LogP contribution is 2.46. The summed E-state index contributed by atoms with van der Waals surface area (Å²) in [6.45, 7) is 1.88. The molecule has 202 valence electrons. The summed E-state index contributed by atoms with van der Waals surface area (Å²) in [5.74, 6) is 6.91. The van der Waals surface area contributed by atoms with Crippen LogP contribution < -0.4 is 4.74 Å². The molecule has 7 rings (SSSR count). The van der Waals surface area contributed by atoms with Crippen molar-refractivity contribution in [2.75, 3.05) is 19.7 Å². The van der Waals surface area contributed by atoms with E-state index in [2.05, 4.69) is 17.9 Å². The fourth-order valence-electron chi connectivity index (χ4n) is 5.96. The first-order valence-electron chi connectivity index (χ1n) is 13.7. The second-order valence-electron chi connectivity index (χ2n) is 10.7. The monoisotopic (exact) mass is 542 g/mol. The van der Waals surface area contributed by atoms with Crippen LogP contribution in [-0.2, 0) is 12.0 Å². The van der Waals surface area contributed by atoms with Gasteiger partial charge < -0.3 is 14.1 Å². The van der Waals surface area contributed by atoms with Crippen molar-refractivity contribution in [1.82, 2.24) is 9.80 Å². The number of rotatable bonds is 3. The highest BCUT2D eigenvalue weighted by atomic mass is 16.5. The Labute approximate surface area is 237 Å². The van der Waals surface area contributed by atoms with Crippen molar-refractivity contribution in [1.29, 1.82) is 0 Å². The lowest BCUT2D eigenvalue weighted by Crippen LogP contribution is -2.46. The number of carbonyl (C=O) groups excluding carboxylic acids is 3. The summed E-state index contributed by atoms with van der Waals surface area (Å²) in [6.07, 6.45) is 1.48. The highest BCUT2D eigenvalue weighted by Gasteiger charge is 2.44. The van der Waals surface area contributed by atoms with Gasteiger partial charge in [-0.3, -0.25) is 19.3 Å². The molecule has 1 spiro atoms. The van der Waals surface area contributed by atoms with Gasteiger partial charge in [-0.2, -0.15) is 0 Å². The Hall–Kier alpha value is -5.09. The lowest BCUT2D eigenvalue weighted by Gasteiger charge is -2.38. The number of likely N-dealkylation sites (tertiary alicyclic amines) is 1. The summed E-state index contributed by atoms with van der Waals surface area (Å²) in [6, 6.07) is 25.9. The van der Waals surface area contributed by atoms with Gasteiger partial charge in [-0.15, -0.1) is 0 Å². The van der Waals surface area contributed by atoms with Gasteiger partial charge in [-0.1, -0.05) is 42.3 Å². The van der Waals surface area contributed by atoms with Crippen LogP contribution in [-0.4, -0.2) is 47.2 Å². The molecule has 3 aromatic carbocycles. The van der Waals surface area contributed by atoms with E-state index < -0.39 is 0 Å². The van der Waals surface area contributed by atoms with E-state index in [1.165, 1.54) is 4.90 Å². The predicted octanol–water partition coefficient (Wildman–Crippen LogP) is 5.04. The van der Waals surface area contributed by atoms with Crippen LogP contribution in [0.1, 0.15) is 66.6 Å². The van der Waals surface area contributed by atoms with Crippen LogP contribution in [0.15, 0.2) is 89.3 Å². The molecule has 1 aromatic heterocycles. The number of carbonyl (C=O) groups is 3. The fraction of sp³-hybridized carbons (Fsp3) is 0.206. The molecular formula is C34H26N2O5.